The van der Waals surface area contributed by atoms with Gasteiger partial charge in [-0.1, -0.05) is 29.8 Å². The standard InChI is InChI=1S/C21H24FN3O2/c1-14-6-9-19(15(2)10-14)23-21(27)24-20(26)13-25(18-7-8-18)12-16-4-3-5-17(22)11-16/h3-6,9-11,18H,7-8,12-13H2,1-2H3,(H2,23,24,26,27). The van der Waals surface area contributed by atoms with Crippen LogP contribution in [0.2, 0.25) is 0 Å². The quantitative estimate of drug-likeness (QED) is 0.815. The number of benzene rings is 2. The van der Waals surface area contributed by atoms with Crippen LogP contribution in [-0.4, -0.2) is 29.4 Å². The summed E-state index contributed by atoms with van der Waals surface area (Å²) < 4.78 is 13.4. The number of imide groups is 1. The Bertz CT molecular complexity index is 849. The van der Waals surface area contributed by atoms with Gasteiger partial charge >= 0.3 is 6.03 Å². The number of aryl methyl sites for hydroxylation is 2. The lowest BCUT2D eigenvalue weighted by Crippen LogP contribution is -2.42. The van der Waals surface area contributed by atoms with Crippen LogP contribution in [0.15, 0.2) is 42.5 Å². The zero-order valence-corrected chi connectivity index (χ0v) is 15.6. The Balaban J connectivity index is 1.55. The van der Waals surface area contributed by atoms with Gasteiger partial charge in [-0.15, -0.1) is 0 Å². The molecule has 3 rings (SSSR count). The fourth-order valence-corrected chi connectivity index (χ4v) is 3.08. The van der Waals surface area contributed by atoms with E-state index in [0.717, 1.165) is 29.5 Å². The minimum absolute atomic E-state index is 0.0987. The van der Waals surface area contributed by atoms with Crippen LogP contribution in [0.25, 0.3) is 0 Å². The molecule has 3 amide bonds. The molecule has 1 saturated carbocycles. The molecule has 0 aromatic heterocycles. The van der Waals surface area contributed by atoms with E-state index in [9.17, 15) is 14.0 Å². The van der Waals surface area contributed by atoms with Crippen molar-refractivity contribution in [3.63, 3.8) is 0 Å². The lowest BCUT2D eigenvalue weighted by molar-refractivity contribution is -0.121. The summed E-state index contributed by atoms with van der Waals surface area (Å²) in [5.41, 5.74) is 3.52. The number of halogens is 1. The van der Waals surface area contributed by atoms with Gasteiger partial charge in [0.1, 0.15) is 5.82 Å². The summed E-state index contributed by atoms with van der Waals surface area (Å²) in [6.45, 7) is 4.46. The fourth-order valence-electron chi connectivity index (χ4n) is 3.08. The first-order chi connectivity index (χ1) is 12.9. The van der Waals surface area contributed by atoms with E-state index in [2.05, 4.69) is 10.6 Å². The van der Waals surface area contributed by atoms with Crippen LogP contribution in [0.3, 0.4) is 0 Å². The van der Waals surface area contributed by atoms with Crippen LogP contribution >= 0.6 is 0 Å². The third-order valence-electron chi connectivity index (χ3n) is 4.57. The van der Waals surface area contributed by atoms with Crippen LogP contribution in [0.4, 0.5) is 14.9 Å². The molecule has 27 heavy (non-hydrogen) atoms. The van der Waals surface area contributed by atoms with Crippen LogP contribution in [0.1, 0.15) is 29.5 Å². The van der Waals surface area contributed by atoms with Gasteiger partial charge in [-0.2, -0.15) is 0 Å². The smallest absolute Gasteiger partial charge is 0.307 e. The molecule has 0 aliphatic heterocycles. The summed E-state index contributed by atoms with van der Waals surface area (Å²) >= 11 is 0. The Hall–Kier alpha value is -2.73. The van der Waals surface area contributed by atoms with E-state index in [0.29, 0.717) is 18.3 Å². The van der Waals surface area contributed by atoms with Crippen molar-refractivity contribution in [2.75, 3.05) is 11.9 Å². The molecular weight excluding hydrogens is 345 g/mol. The molecule has 2 aromatic rings. The van der Waals surface area contributed by atoms with Crippen LogP contribution < -0.4 is 10.6 Å². The maximum absolute atomic E-state index is 13.4. The van der Waals surface area contributed by atoms with Crippen LogP contribution in [0, 0.1) is 19.7 Å². The van der Waals surface area contributed by atoms with Gasteiger partial charge in [-0.25, -0.2) is 9.18 Å². The lowest BCUT2D eigenvalue weighted by atomic mass is 10.1. The number of nitrogens with one attached hydrogen (secondary N) is 2. The summed E-state index contributed by atoms with van der Waals surface area (Å²) in [4.78, 5) is 26.4. The summed E-state index contributed by atoms with van der Waals surface area (Å²) in [6, 6.07) is 11.8. The van der Waals surface area contributed by atoms with Gasteiger partial charge < -0.3 is 5.32 Å². The van der Waals surface area contributed by atoms with Crippen molar-refractivity contribution in [1.82, 2.24) is 10.2 Å². The van der Waals surface area contributed by atoms with E-state index < -0.39 is 6.03 Å². The predicted molar refractivity (Wildman–Crippen MR) is 103 cm³/mol. The van der Waals surface area contributed by atoms with E-state index >= 15 is 0 Å². The minimum atomic E-state index is -0.548. The molecule has 142 valence electrons. The van der Waals surface area contributed by atoms with E-state index in [1.807, 2.05) is 43.0 Å². The van der Waals surface area contributed by atoms with Gasteiger partial charge in [0.15, 0.2) is 0 Å². The molecular formula is C21H24FN3O2. The number of rotatable bonds is 6. The number of carbonyl (C=O) groups is 2. The van der Waals surface area contributed by atoms with Crippen molar-refractivity contribution in [1.29, 1.82) is 0 Å². The highest BCUT2D eigenvalue weighted by Crippen LogP contribution is 2.28. The SMILES string of the molecule is Cc1ccc(NC(=O)NC(=O)CN(Cc2cccc(F)c2)C2CC2)c(C)c1. The average molecular weight is 369 g/mol. The second-order valence-electron chi connectivity index (χ2n) is 7.09. The van der Waals surface area contributed by atoms with Crippen LogP contribution in [-0.2, 0) is 11.3 Å². The largest absolute Gasteiger partial charge is 0.325 e. The molecule has 0 radical (unpaired) electrons. The Morgan fingerprint density at radius 3 is 2.59 bits per heavy atom. The molecule has 0 unspecified atom stereocenters. The fraction of sp³-hybridized carbons (Fsp3) is 0.333. The molecule has 1 aliphatic rings. The monoisotopic (exact) mass is 369 g/mol. The molecule has 2 aromatic carbocycles. The Morgan fingerprint density at radius 1 is 1.15 bits per heavy atom. The lowest BCUT2D eigenvalue weighted by Gasteiger charge is -2.21. The summed E-state index contributed by atoms with van der Waals surface area (Å²) in [5, 5.41) is 5.08. The second-order valence-corrected chi connectivity index (χ2v) is 7.09. The first kappa shape index (κ1) is 19.0. The molecule has 0 spiro atoms. The molecule has 0 saturated heterocycles. The zero-order valence-electron chi connectivity index (χ0n) is 15.6. The molecule has 1 aliphatic carbocycles. The second kappa shape index (κ2) is 8.31. The van der Waals surface area contributed by atoms with Crippen molar-refractivity contribution in [2.45, 2.75) is 39.3 Å². The first-order valence-electron chi connectivity index (χ1n) is 9.07. The van der Waals surface area contributed by atoms with Gasteiger partial charge in [0.2, 0.25) is 5.91 Å². The highest BCUT2D eigenvalue weighted by atomic mass is 19.1. The molecule has 2 N–H and O–H groups in total. The maximum Gasteiger partial charge on any atom is 0.325 e. The van der Waals surface area contributed by atoms with Gasteiger partial charge in [0, 0.05) is 18.3 Å². The Labute approximate surface area is 158 Å². The van der Waals surface area contributed by atoms with Crippen molar-refractivity contribution in [3.05, 3.63) is 65.0 Å². The van der Waals surface area contributed by atoms with E-state index in [-0.39, 0.29) is 18.3 Å². The number of hydrogen-bond acceptors (Lipinski definition) is 3. The maximum atomic E-state index is 13.4. The number of amides is 3. The molecule has 0 heterocycles. The van der Waals surface area contributed by atoms with Crippen molar-refractivity contribution in [2.24, 2.45) is 0 Å². The normalized spacial score (nSPS) is 13.5. The summed E-state index contributed by atoms with van der Waals surface area (Å²) in [6.07, 6.45) is 2.02. The van der Waals surface area contributed by atoms with Crippen LogP contribution in [0.5, 0.6) is 0 Å². The molecule has 6 heteroatoms. The number of hydrogen-bond donors (Lipinski definition) is 2. The molecule has 5 nitrogen and oxygen atoms in total. The summed E-state index contributed by atoms with van der Waals surface area (Å²) in [7, 11) is 0. The van der Waals surface area contributed by atoms with E-state index in [1.165, 1.54) is 12.1 Å². The Morgan fingerprint density at radius 2 is 1.93 bits per heavy atom. The van der Waals surface area contributed by atoms with Crippen molar-refractivity contribution in [3.8, 4) is 0 Å². The van der Waals surface area contributed by atoms with E-state index in [1.54, 1.807) is 6.07 Å². The number of nitrogens with zero attached hydrogens (tertiary/aromatic N) is 1. The predicted octanol–water partition coefficient (Wildman–Crippen LogP) is 3.76. The molecule has 0 atom stereocenters. The van der Waals surface area contributed by atoms with Crippen molar-refractivity contribution < 1.29 is 14.0 Å². The van der Waals surface area contributed by atoms with Gasteiger partial charge in [0.25, 0.3) is 0 Å². The number of anilines is 1. The average Bonchev–Trinajstić information content (AvgIpc) is 3.42. The minimum Gasteiger partial charge on any atom is -0.307 e. The number of carbonyl (C=O) groups excluding carboxylic acids is 2. The van der Waals surface area contributed by atoms with Gasteiger partial charge in [-0.05, 0) is 56.0 Å². The van der Waals surface area contributed by atoms with Gasteiger partial charge in [0.05, 0.1) is 6.54 Å². The highest BCUT2D eigenvalue weighted by molar-refractivity contribution is 6.02. The number of urea groups is 1. The third-order valence-corrected chi connectivity index (χ3v) is 4.57. The summed E-state index contributed by atoms with van der Waals surface area (Å²) in [5.74, 6) is -0.666. The van der Waals surface area contributed by atoms with Crippen molar-refractivity contribution >= 4 is 17.6 Å². The third kappa shape index (κ3) is 5.62. The topological polar surface area (TPSA) is 61.4 Å². The van der Waals surface area contributed by atoms with Gasteiger partial charge in [-0.3, -0.25) is 15.0 Å². The zero-order chi connectivity index (χ0) is 19.4. The molecule has 0 bridgehead atoms. The Kier molecular flexibility index (Phi) is 5.86. The highest BCUT2D eigenvalue weighted by Gasteiger charge is 2.30. The van der Waals surface area contributed by atoms with E-state index in [4.69, 9.17) is 0 Å². The molecule has 1 fully saturated rings. The first-order valence-corrected chi connectivity index (χ1v) is 9.07.